The Balaban J connectivity index is 1.75. The van der Waals surface area contributed by atoms with Crippen molar-refractivity contribution in [3.05, 3.63) is 157 Å². The van der Waals surface area contributed by atoms with Crippen LogP contribution in [0.1, 0.15) is 34.3 Å². The number of fused-ring (bicyclic) bond motifs is 4. The molecule has 0 aliphatic carbocycles. The van der Waals surface area contributed by atoms with Gasteiger partial charge in [0.15, 0.2) is 0 Å². The van der Waals surface area contributed by atoms with Gasteiger partial charge >= 0.3 is 0 Å². The maximum Gasteiger partial charge on any atom is 0.0636 e. The van der Waals surface area contributed by atoms with E-state index in [0.717, 1.165) is 6.07 Å². The average molecular weight is 532 g/mol. The lowest BCUT2D eigenvalue weighted by atomic mass is 9.84. The van der Waals surface area contributed by atoms with Crippen molar-refractivity contribution in [3.8, 4) is 33.4 Å². The minimum absolute atomic E-state index is 0.518. The van der Waals surface area contributed by atoms with Gasteiger partial charge in [-0.2, -0.15) is 0 Å². The average Bonchev–Trinajstić information content (AvgIpc) is 3.27. The van der Waals surface area contributed by atoms with Crippen molar-refractivity contribution in [1.82, 2.24) is 0 Å². The third-order valence-electron chi connectivity index (χ3n) is 6.44. The summed E-state index contributed by atoms with van der Waals surface area (Å²) in [7, 11) is 0. The third-order valence-corrected chi connectivity index (χ3v) is 6.44. The lowest BCUT2D eigenvalue weighted by Gasteiger charge is -2.19. The van der Waals surface area contributed by atoms with Crippen LogP contribution in [-0.2, 0) is 0 Å². The van der Waals surface area contributed by atoms with Crippen LogP contribution < -0.4 is 0 Å². The minimum atomic E-state index is -0.962. The van der Waals surface area contributed by atoms with Crippen LogP contribution in [0.5, 0.6) is 0 Å². The summed E-state index contributed by atoms with van der Waals surface area (Å²) in [4.78, 5) is 0. The summed E-state index contributed by atoms with van der Waals surface area (Å²) in [5.74, 6) is 0. The number of benzene rings is 8. The fourth-order valence-corrected chi connectivity index (χ4v) is 4.78. The molecule has 0 aromatic heterocycles. The summed E-state index contributed by atoms with van der Waals surface area (Å²) in [5, 5.41) is -5.03. The second kappa shape index (κ2) is 9.22. The summed E-state index contributed by atoms with van der Waals surface area (Å²) in [5.41, 5.74) is -3.92. The second-order valence-electron chi connectivity index (χ2n) is 8.58. The largest absolute Gasteiger partial charge is 0.0636 e. The topological polar surface area (TPSA) is 0 Å². The summed E-state index contributed by atoms with van der Waals surface area (Å²) in [6, 6.07) is -21.1. The van der Waals surface area contributed by atoms with Crippen molar-refractivity contribution in [3.63, 3.8) is 0 Å². The van der Waals surface area contributed by atoms with E-state index >= 15 is 0 Å². The third kappa shape index (κ3) is 3.54. The highest BCUT2D eigenvalue weighted by molar-refractivity contribution is 6.23. The van der Waals surface area contributed by atoms with Crippen LogP contribution in [-0.4, -0.2) is 0 Å². The number of hydrogen-bond acceptors (Lipinski definition) is 0. The lowest BCUT2D eigenvalue weighted by molar-refractivity contribution is 1.63. The summed E-state index contributed by atoms with van der Waals surface area (Å²) in [6.07, 6.45) is 0. The van der Waals surface area contributed by atoms with E-state index in [-0.39, 0.29) is 0 Å². The molecule has 0 amide bonds. The van der Waals surface area contributed by atoms with Crippen LogP contribution in [0.4, 0.5) is 0 Å². The van der Waals surface area contributed by atoms with Crippen molar-refractivity contribution in [2.45, 2.75) is 0 Å². The Morgan fingerprint density at radius 1 is 0.325 bits per heavy atom. The monoisotopic (exact) mass is 531 g/mol. The molecule has 0 aliphatic heterocycles. The first-order chi connectivity index (χ1) is 30.3. The maximum atomic E-state index is 9.74. The molecule has 0 heterocycles. The Morgan fingerprint density at radius 3 is 1.38 bits per heavy atom. The Morgan fingerprint density at radius 2 is 0.775 bits per heavy atom. The molecule has 0 heteroatoms. The van der Waals surface area contributed by atoms with Gasteiger partial charge in [0.05, 0.1) is 34.3 Å². The van der Waals surface area contributed by atoms with Crippen LogP contribution >= 0.6 is 0 Å². The van der Waals surface area contributed by atoms with Gasteiger partial charge in [0.25, 0.3) is 0 Å². The van der Waals surface area contributed by atoms with Crippen molar-refractivity contribution in [1.29, 1.82) is 0 Å². The molecule has 0 radical (unpaired) electrons. The van der Waals surface area contributed by atoms with Gasteiger partial charge in [-0.1, -0.05) is 151 Å². The Labute approximate surface area is 268 Å². The summed E-state index contributed by atoms with van der Waals surface area (Å²) < 4.78 is 222. The molecule has 40 heavy (non-hydrogen) atoms. The quantitative estimate of drug-likeness (QED) is 0.199. The molecule has 0 nitrogen and oxygen atoms in total. The van der Waals surface area contributed by atoms with Crippen LogP contribution in [0.15, 0.2) is 157 Å². The molecular weight excluding hydrogens is 480 g/mol. The van der Waals surface area contributed by atoms with E-state index in [1.165, 1.54) is 0 Å². The molecule has 0 spiro atoms. The van der Waals surface area contributed by atoms with E-state index in [2.05, 4.69) is 0 Å². The molecular formula is C40H26. The van der Waals surface area contributed by atoms with E-state index in [9.17, 15) is 9.60 Å². The van der Waals surface area contributed by atoms with Crippen LogP contribution in [0.3, 0.4) is 0 Å². The van der Waals surface area contributed by atoms with Gasteiger partial charge in [-0.3, -0.25) is 0 Å². The molecule has 0 aliphatic rings. The highest BCUT2D eigenvalue weighted by Gasteiger charge is 2.18. The molecule has 0 bridgehead atoms. The fraction of sp³-hybridized carbons (Fsp3) is 0. The first kappa shape index (κ1) is 8.91. The van der Waals surface area contributed by atoms with Crippen LogP contribution in [0.25, 0.3) is 76.5 Å². The van der Waals surface area contributed by atoms with Crippen molar-refractivity contribution in [2.75, 3.05) is 0 Å². The molecule has 0 unspecified atom stereocenters. The SMILES string of the molecule is [2H]c1cc(-c2c([2H])c([2H])c([2H])c3c([2H])c([2H])c([2H])c([2H])c23)c([2H])c(-c2c3c([2H])c([2H])c([2H])c([2H])c3c(-c3c([2H])c([2H])c([2H])c4c([2H])c([2H])c([2H])c([2H])c34)c3c([2H])c([2H])c([2H])c([2H])c23)c1[2H]. The number of hydrogen-bond donors (Lipinski definition) is 0. The van der Waals surface area contributed by atoms with Gasteiger partial charge < -0.3 is 0 Å². The number of rotatable bonds is 3. The Hall–Kier alpha value is -5.20. The molecule has 186 valence electrons. The van der Waals surface area contributed by atoms with E-state index < -0.39 is 228 Å². The normalized spacial score (nSPS) is 20.2. The first-order valence-corrected chi connectivity index (χ1v) is 11.8. The molecule has 0 atom stereocenters. The van der Waals surface area contributed by atoms with Gasteiger partial charge in [0.1, 0.15) is 0 Å². The van der Waals surface area contributed by atoms with E-state index in [4.69, 9.17) is 24.7 Å². The van der Waals surface area contributed by atoms with Gasteiger partial charge in [-0.05, 0) is 82.5 Å². The minimum Gasteiger partial charge on any atom is -0.0616 e. The Kier molecular flexibility index (Phi) is 2.05. The molecule has 8 rings (SSSR count). The van der Waals surface area contributed by atoms with E-state index in [1.807, 2.05) is 0 Å². The van der Waals surface area contributed by atoms with Gasteiger partial charge in [0, 0.05) is 0 Å². The van der Waals surface area contributed by atoms with Crippen molar-refractivity contribution < 1.29 is 34.3 Å². The van der Waals surface area contributed by atoms with Gasteiger partial charge in [-0.15, -0.1) is 0 Å². The molecule has 0 N–H and O–H groups in total. The predicted octanol–water partition coefficient (Wildman–Crippen LogP) is 11.3. The zero-order valence-corrected chi connectivity index (χ0v) is 20.1. The second-order valence-corrected chi connectivity index (χ2v) is 8.58. The molecule has 8 aromatic rings. The highest BCUT2D eigenvalue weighted by atomic mass is 14.2. The predicted molar refractivity (Wildman–Crippen MR) is 173 cm³/mol. The fourth-order valence-electron chi connectivity index (χ4n) is 4.78. The van der Waals surface area contributed by atoms with Gasteiger partial charge in [-0.25, -0.2) is 0 Å². The van der Waals surface area contributed by atoms with Gasteiger partial charge in [0.2, 0.25) is 0 Å². The van der Waals surface area contributed by atoms with E-state index in [0.29, 0.717) is 0 Å². The standard InChI is InChI=1S/C40H26/c1-3-18-31-27(12-1)14-10-24-33(31)29-16-9-17-30(26-29)39-35-20-5-7-22-37(35)40(38-23-8-6-21-36(38)39)34-25-11-15-28-13-2-4-19-32(28)34/h1-26H/i1D,2D,3D,4D,5D,6D,7D,8D,9D,10D,11D,12D,13D,14D,15D,17D,18D,19D,20D,21D,22D,23D,24D,25D,26D. The highest BCUT2D eigenvalue weighted by Crippen LogP contribution is 2.45. The van der Waals surface area contributed by atoms with Crippen molar-refractivity contribution >= 4 is 43.1 Å². The van der Waals surface area contributed by atoms with Crippen LogP contribution in [0, 0.1) is 0 Å². The zero-order chi connectivity index (χ0) is 48.2. The maximum absolute atomic E-state index is 9.74. The molecule has 0 saturated carbocycles. The lowest BCUT2D eigenvalue weighted by Crippen LogP contribution is -1.92. The van der Waals surface area contributed by atoms with Crippen LogP contribution in [0.2, 0.25) is 0 Å². The Bertz CT molecular complexity index is 3500. The molecule has 8 aromatic carbocycles. The smallest absolute Gasteiger partial charge is 0.0616 e. The zero-order valence-electron chi connectivity index (χ0n) is 45.1. The first-order valence-electron chi connectivity index (χ1n) is 24.3. The van der Waals surface area contributed by atoms with E-state index in [1.54, 1.807) is 0 Å². The van der Waals surface area contributed by atoms with Crippen molar-refractivity contribution in [2.24, 2.45) is 0 Å². The summed E-state index contributed by atoms with van der Waals surface area (Å²) in [6.45, 7) is 0. The summed E-state index contributed by atoms with van der Waals surface area (Å²) >= 11 is 0. The molecule has 0 fully saturated rings. The molecule has 0 saturated heterocycles.